The molecule has 0 amide bonds. The molecule has 10 heteroatoms. The van der Waals surface area contributed by atoms with Crippen LogP contribution < -0.4 is 14.2 Å². The molecule has 1 N–H and O–H groups in total. The van der Waals surface area contributed by atoms with E-state index in [4.69, 9.17) is 9.47 Å². The summed E-state index contributed by atoms with van der Waals surface area (Å²) in [7, 11) is -4.75. The Morgan fingerprint density at radius 1 is 0.906 bits per heavy atom. The van der Waals surface area contributed by atoms with E-state index in [1.165, 1.54) is 36.7 Å². The van der Waals surface area contributed by atoms with Crippen LogP contribution >= 0.6 is 0 Å². The average Bonchev–Trinajstić information content (AvgIpc) is 3.26. The van der Waals surface area contributed by atoms with Crippen LogP contribution in [-0.4, -0.2) is 54.5 Å². The van der Waals surface area contributed by atoms with E-state index in [0.717, 1.165) is 5.39 Å². The Labute approximate surface area is 187 Å². The van der Waals surface area contributed by atoms with Crippen LogP contribution in [0, 0.1) is 0 Å². The number of fused-ring (bicyclic) bond motifs is 1. The number of benzene rings is 3. The van der Waals surface area contributed by atoms with E-state index < -0.39 is 26.1 Å². The maximum Gasteiger partial charge on any atom is 0.243 e. The van der Waals surface area contributed by atoms with E-state index in [-0.39, 0.29) is 22.9 Å². The maximum atomic E-state index is 13.1. The van der Waals surface area contributed by atoms with Gasteiger partial charge in [-0.25, -0.2) is 21.6 Å². The normalized spacial score (nSPS) is 17.5. The number of ether oxygens (including phenoxy) is 2. The minimum Gasteiger partial charge on any atom is -0.493 e. The Balaban J connectivity index is 1.54. The highest BCUT2D eigenvalue weighted by molar-refractivity contribution is 7.90. The quantitative estimate of drug-likeness (QED) is 0.562. The van der Waals surface area contributed by atoms with Gasteiger partial charge in [0.05, 0.1) is 24.0 Å². The van der Waals surface area contributed by atoms with Crippen molar-refractivity contribution in [1.29, 1.82) is 0 Å². The molecule has 1 atom stereocenters. The van der Waals surface area contributed by atoms with Gasteiger partial charge in [0.15, 0.2) is 11.5 Å². The fourth-order valence-corrected chi connectivity index (χ4v) is 6.89. The van der Waals surface area contributed by atoms with Gasteiger partial charge in [-0.3, -0.25) is 0 Å². The minimum absolute atomic E-state index is 0.0423. The van der Waals surface area contributed by atoms with Crippen molar-refractivity contribution in [2.24, 2.45) is 0 Å². The summed E-state index contributed by atoms with van der Waals surface area (Å²) >= 11 is 0. The molecule has 0 aliphatic carbocycles. The van der Waals surface area contributed by atoms with Crippen LogP contribution in [0.1, 0.15) is 6.42 Å². The molecule has 3 aromatic carbocycles. The first-order valence-electron chi connectivity index (χ1n) is 9.98. The number of hydrogen-bond acceptors (Lipinski definition) is 6. The molecule has 32 heavy (non-hydrogen) atoms. The van der Waals surface area contributed by atoms with E-state index >= 15 is 0 Å². The lowest BCUT2D eigenvalue weighted by Gasteiger charge is -2.18. The molecule has 170 valence electrons. The van der Waals surface area contributed by atoms with Crippen molar-refractivity contribution in [2.75, 3.05) is 27.3 Å². The smallest absolute Gasteiger partial charge is 0.243 e. The van der Waals surface area contributed by atoms with E-state index in [9.17, 15) is 16.8 Å². The lowest BCUT2D eigenvalue weighted by atomic mass is 10.1. The summed E-state index contributed by atoms with van der Waals surface area (Å²) in [5, 5.41) is 1.44. The molecule has 1 aliphatic heterocycles. The number of hydrogen-bond donors (Lipinski definition) is 1. The SMILES string of the molecule is COc1ccc(S(=O)(=O)N2CCC(NS(=O)(=O)c3cccc4ccccc34)C2)cc1OC. The van der Waals surface area contributed by atoms with Crippen LogP contribution in [0.25, 0.3) is 10.8 Å². The Kier molecular flexibility index (Phi) is 6.13. The summed E-state index contributed by atoms with van der Waals surface area (Å²) in [5.41, 5.74) is 0. The zero-order chi connectivity index (χ0) is 22.9. The third-order valence-corrected chi connectivity index (χ3v) is 8.94. The third-order valence-electron chi connectivity index (χ3n) is 5.50. The summed E-state index contributed by atoms with van der Waals surface area (Å²) in [6, 6.07) is 16.2. The molecule has 0 aromatic heterocycles. The highest BCUT2D eigenvalue weighted by Crippen LogP contribution is 2.32. The standard InChI is InChI=1S/C22H24N2O6S2/c1-29-20-11-10-18(14-21(20)30-2)32(27,28)24-13-12-17(15-24)23-31(25,26)22-9-5-7-16-6-3-4-8-19(16)22/h3-11,14,17,23H,12-13,15H2,1-2H3. The topological polar surface area (TPSA) is 102 Å². The van der Waals surface area contributed by atoms with Gasteiger partial charge in [-0.15, -0.1) is 0 Å². The second-order valence-corrected chi connectivity index (χ2v) is 11.1. The molecule has 0 saturated carbocycles. The van der Waals surface area contributed by atoms with Gasteiger partial charge in [0.25, 0.3) is 0 Å². The molecule has 0 radical (unpaired) electrons. The van der Waals surface area contributed by atoms with Gasteiger partial charge < -0.3 is 9.47 Å². The first kappa shape index (κ1) is 22.5. The van der Waals surface area contributed by atoms with Gasteiger partial charge in [-0.2, -0.15) is 4.31 Å². The highest BCUT2D eigenvalue weighted by atomic mass is 32.2. The van der Waals surface area contributed by atoms with Crippen LogP contribution in [0.4, 0.5) is 0 Å². The van der Waals surface area contributed by atoms with Crippen LogP contribution in [0.15, 0.2) is 70.5 Å². The van der Waals surface area contributed by atoms with Crippen molar-refractivity contribution in [3.63, 3.8) is 0 Å². The number of nitrogens with zero attached hydrogens (tertiary/aromatic N) is 1. The first-order chi connectivity index (χ1) is 15.3. The number of sulfonamides is 2. The maximum absolute atomic E-state index is 13.1. The van der Waals surface area contributed by atoms with Crippen molar-refractivity contribution < 1.29 is 26.3 Å². The molecule has 3 aromatic rings. The summed E-state index contributed by atoms with van der Waals surface area (Å²) in [5.74, 6) is 0.731. The summed E-state index contributed by atoms with van der Waals surface area (Å²) < 4.78 is 66.7. The predicted molar refractivity (Wildman–Crippen MR) is 121 cm³/mol. The number of methoxy groups -OCH3 is 2. The fraction of sp³-hybridized carbons (Fsp3) is 0.273. The first-order valence-corrected chi connectivity index (χ1v) is 12.9. The molecule has 8 nitrogen and oxygen atoms in total. The molecule has 0 spiro atoms. The van der Waals surface area contributed by atoms with E-state index in [2.05, 4.69) is 4.72 Å². The van der Waals surface area contributed by atoms with E-state index in [1.807, 2.05) is 18.2 Å². The predicted octanol–water partition coefficient (Wildman–Crippen LogP) is 2.60. The molecule has 4 rings (SSSR count). The van der Waals surface area contributed by atoms with Crippen LogP contribution in [0.5, 0.6) is 11.5 Å². The Hall–Kier alpha value is -2.66. The molecule has 0 bridgehead atoms. The monoisotopic (exact) mass is 476 g/mol. The minimum atomic E-state index is -3.83. The van der Waals surface area contributed by atoms with Gasteiger partial charge in [0, 0.05) is 30.6 Å². The zero-order valence-electron chi connectivity index (χ0n) is 17.7. The molecule has 1 fully saturated rings. The van der Waals surface area contributed by atoms with Crippen molar-refractivity contribution in [3.05, 3.63) is 60.7 Å². The van der Waals surface area contributed by atoms with Crippen molar-refractivity contribution >= 4 is 30.8 Å². The summed E-state index contributed by atoms with van der Waals surface area (Å²) in [6.45, 7) is 0.250. The Bertz CT molecular complexity index is 1350. The van der Waals surface area contributed by atoms with Crippen LogP contribution in [0.3, 0.4) is 0 Å². The lowest BCUT2D eigenvalue weighted by Crippen LogP contribution is -2.38. The highest BCUT2D eigenvalue weighted by Gasteiger charge is 2.35. The van der Waals surface area contributed by atoms with Gasteiger partial charge in [0.2, 0.25) is 20.0 Å². The van der Waals surface area contributed by atoms with Gasteiger partial charge in [-0.1, -0.05) is 36.4 Å². The molecule has 1 saturated heterocycles. The summed E-state index contributed by atoms with van der Waals surface area (Å²) in [4.78, 5) is 0.240. The Morgan fingerprint density at radius 3 is 2.38 bits per heavy atom. The van der Waals surface area contributed by atoms with Gasteiger partial charge >= 0.3 is 0 Å². The second-order valence-electron chi connectivity index (χ2n) is 7.46. The lowest BCUT2D eigenvalue weighted by molar-refractivity contribution is 0.353. The molecule has 1 aliphatic rings. The fourth-order valence-electron chi connectivity index (χ4n) is 3.88. The van der Waals surface area contributed by atoms with Crippen LogP contribution in [-0.2, 0) is 20.0 Å². The van der Waals surface area contributed by atoms with E-state index in [0.29, 0.717) is 23.3 Å². The molecule has 1 unspecified atom stereocenters. The number of rotatable bonds is 7. The third kappa shape index (κ3) is 4.18. The average molecular weight is 477 g/mol. The van der Waals surface area contributed by atoms with Crippen molar-refractivity contribution in [2.45, 2.75) is 22.3 Å². The van der Waals surface area contributed by atoms with Gasteiger partial charge in [0.1, 0.15) is 0 Å². The van der Waals surface area contributed by atoms with Crippen molar-refractivity contribution in [3.8, 4) is 11.5 Å². The molecular formula is C22H24N2O6S2. The second kappa shape index (κ2) is 8.70. The zero-order valence-corrected chi connectivity index (χ0v) is 19.3. The summed E-state index contributed by atoms with van der Waals surface area (Å²) in [6.07, 6.45) is 0.372. The van der Waals surface area contributed by atoms with E-state index in [1.54, 1.807) is 24.3 Å². The Morgan fingerprint density at radius 2 is 1.62 bits per heavy atom. The molecular weight excluding hydrogens is 452 g/mol. The number of nitrogens with one attached hydrogen (secondary N) is 1. The largest absolute Gasteiger partial charge is 0.493 e. The molecule has 1 heterocycles. The van der Waals surface area contributed by atoms with Gasteiger partial charge in [-0.05, 0) is 30.0 Å². The van der Waals surface area contributed by atoms with Crippen LogP contribution in [0.2, 0.25) is 0 Å². The van der Waals surface area contributed by atoms with Crippen molar-refractivity contribution in [1.82, 2.24) is 9.03 Å².